The van der Waals surface area contributed by atoms with E-state index in [0.717, 1.165) is 5.69 Å². The van der Waals surface area contributed by atoms with E-state index in [2.05, 4.69) is 372 Å². The van der Waals surface area contributed by atoms with Gasteiger partial charge in [-0.1, -0.05) is 247 Å². The van der Waals surface area contributed by atoms with E-state index in [1.807, 2.05) is 11.3 Å². The Morgan fingerprint density at radius 1 is 0.248 bits per heavy atom. The third-order valence-corrected chi connectivity index (χ3v) is 26.9. The molecular formula is C98H82N2S. The average Bonchev–Trinajstić information content (AvgIpc) is 1.69. The fraction of sp³-hybridized carbons (Fsp3) is 0.184. The lowest BCUT2D eigenvalue weighted by Crippen LogP contribution is -2.43. The first-order valence-corrected chi connectivity index (χ1v) is 37.0. The van der Waals surface area contributed by atoms with Gasteiger partial charge in [0.25, 0.3) is 0 Å². The van der Waals surface area contributed by atoms with E-state index in [-0.39, 0.29) is 32.5 Å². The molecule has 101 heavy (non-hydrogen) atoms. The number of nitrogens with zero attached hydrogens (tertiary/aromatic N) is 2. The van der Waals surface area contributed by atoms with Crippen molar-refractivity contribution in [1.29, 1.82) is 0 Å². The lowest BCUT2D eigenvalue weighted by atomic mass is 9.55. The van der Waals surface area contributed by atoms with Gasteiger partial charge < -0.3 is 9.47 Å². The number of para-hydroxylation sites is 3. The zero-order valence-electron chi connectivity index (χ0n) is 59.9. The summed E-state index contributed by atoms with van der Waals surface area (Å²) in [5, 5.41) is 10.5. The van der Waals surface area contributed by atoms with Crippen LogP contribution in [0.2, 0.25) is 0 Å². The van der Waals surface area contributed by atoms with Crippen molar-refractivity contribution in [3.8, 4) is 61.3 Å². The molecule has 16 aromatic rings. The molecule has 0 spiro atoms. The Kier molecular flexibility index (Phi) is 13.1. The summed E-state index contributed by atoms with van der Waals surface area (Å²) in [5.41, 5.74) is 31.7. The fourth-order valence-electron chi connectivity index (χ4n) is 18.5. The molecule has 20 rings (SSSR count). The molecule has 4 aliphatic carbocycles. The molecule has 0 amide bonds. The van der Waals surface area contributed by atoms with Gasteiger partial charge in [0.05, 0.1) is 11.0 Å². The monoisotopic (exact) mass is 1320 g/mol. The summed E-state index contributed by atoms with van der Waals surface area (Å²) in [6.07, 6.45) is 0. The fourth-order valence-corrected chi connectivity index (χ4v) is 19.6. The number of thiophene rings is 1. The standard InChI is InChI=1S/C49H41NS.C49H41N/c1-47(2)41-27-34(50(32-16-8-7-9-17-32)33-21-23-46-40(26-33)36-18-12-13-19-45(36)51-46)20-22-35(41)38-28-39-37-24-30-14-10-11-15-31(30)25-43(37)48(3,4)49(5,6)44(39)29-42(38)47;1-47(2)41-26-33(30-19-22-34(23-20-30)50-45-17-11-9-15-36(45)37-16-10-12-18-46(37)50)21-24-35(41)39-28-40-38-25-31-13-7-8-14-32(31)27-43(38)48(3,4)49(5,6)44(40)29-42(39)47/h7-29H,1-6H3;7-29H,1-6H3. The first-order valence-electron chi connectivity index (χ1n) is 36.2. The smallest absolute Gasteiger partial charge is 0.0541 e. The van der Waals surface area contributed by atoms with E-state index < -0.39 is 0 Å². The minimum atomic E-state index is -0.157. The molecule has 4 aliphatic rings. The number of hydrogen-bond donors (Lipinski definition) is 0. The second-order valence-corrected chi connectivity index (χ2v) is 33.6. The van der Waals surface area contributed by atoms with Crippen molar-refractivity contribution in [3.05, 3.63) is 324 Å². The molecule has 2 aromatic heterocycles. The number of aromatic nitrogens is 1. The van der Waals surface area contributed by atoms with Gasteiger partial charge in [0, 0.05) is 64.5 Å². The Labute approximate surface area is 597 Å². The summed E-state index contributed by atoms with van der Waals surface area (Å²) in [7, 11) is 0. The molecule has 3 heteroatoms. The van der Waals surface area contributed by atoms with Gasteiger partial charge in [0.15, 0.2) is 0 Å². The zero-order chi connectivity index (χ0) is 69.0. The third kappa shape index (κ3) is 8.75. The van der Waals surface area contributed by atoms with Crippen molar-refractivity contribution >= 4 is 91.9 Å². The minimum Gasteiger partial charge on any atom is -0.310 e. The van der Waals surface area contributed by atoms with E-state index in [0.29, 0.717) is 0 Å². The van der Waals surface area contributed by atoms with Gasteiger partial charge in [0.2, 0.25) is 0 Å². The average molecular weight is 1320 g/mol. The molecule has 0 fully saturated rings. The van der Waals surface area contributed by atoms with Crippen LogP contribution in [0.4, 0.5) is 17.1 Å². The zero-order valence-corrected chi connectivity index (χ0v) is 60.7. The van der Waals surface area contributed by atoms with Gasteiger partial charge in [-0.15, -0.1) is 11.3 Å². The Hall–Kier alpha value is -10.6. The molecule has 0 bridgehead atoms. The van der Waals surface area contributed by atoms with Crippen LogP contribution in [-0.4, -0.2) is 4.57 Å². The quantitative estimate of drug-likeness (QED) is 0.167. The first-order chi connectivity index (χ1) is 48.6. The minimum absolute atomic E-state index is 0.0260. The maximum Gasteiger partial charge on any atom is 0.0541 e. The molecule has 0 radical (unpaired) electrons. The van der Waals surface area contributed by atoms with Crippen LogP contribution in [0.25, 0.3) is 125 Å². The largest absolute Gasteiger partial charge is 0.310 e. The van der Waals surface area contributed by atoms with E-state index >= 15 is 0 Å². The predicted octanol–water partition coefficient (Wildman–Crippen LogP) is 27.4. The summed E-state index contributed by atoms with van der Waals surface area (Å²) in [5.74, 6) is 0. The lowest BCUT2D eigenvalue weighted by molar-refractivity contribution is 0.299. The maximum absolute atomic E-state index is 2.58. The number of benzene rings is 14. The molecule has 2 nitrogen and oxygen atoms in total. The van der Waals surface area contributed by atoms with Crippen molar-refractivity contribution in [2.45, 2.75) is 116 Å². The molecule has 0 N–H and O–H groups in total. The van der Waals surface area contributed by atoms with Crippen LogP contribution in [0.15, 0.2) is 279 Å². The Morgan fingerprint density at radius 2 is 0.634 bits per heavy atom. The summed E-state index contributed by atoms with van der Waals surface area (Å²) < 4.78 is 5.05. The number of hydrogen-bond acceptors (Lipinski definition) is 2. The molecule has 0 unspecified atom stereocenters. The number of fused-ring (bicyclic) bond motifs is 20. The van der Waals surface area contributed by atoms with Crippen molar-refractivity contribution in [3.63, 3.8) is 0 Å². The second-order valence-electron chi connectivity index (χ2n) is 32.5. The topological polar surface area (TPSA) is 8.17 Å². The summed E-state index contributed by atoms with van der Waals surface area (Å²) >= 11 is 1.87. The molecule has 14 aromatic carbocycles. The van der Waals surface area contributed by atoms with Gasteiger partial charge in [0.1, 0.15) is 0 Å². The van der Waals surface area contributed by atoms with E-state index in [1.165, 1.54) is 181 Å². The van der Waals surface area contributed by atoms with Gasteiger partial charge in [-0.05, 0) is 259 Å². The Balaban J connectivity index is 0.000000140. The van der Waals surface area contributed by atoms with E-state index in [4.69, 9.17) is 0 Å². The van der Waals surface area contributed by atoms with Crippen LogP contribution < -0.4 is 4.90 Å². The van der Waals surface area contributed by atoms with Crippen LogP contribution in [0.3, 0.4) is 0 Å². The van der Waals surface area contributed by atoms with Crippen molar-refractivity contribution in [1.82, 2.24) is 4.57 Å². The molecule has 490 valence electrons. The van der Waals surface area contributed by atoms with Crippen LogP contribution in [-0.2, 0) is 32.5 Å². The highest BCUT2D eigenvalue weighted by Crippen LogP contribution is 2.62. The highest BCUT2D eigenvalue weighted by atomic mass is 32.1. The van der Waals surface area contributed by atoms with Crippen LogP contribution in [0, 0.1) is 0 Å². The van der Waals surface area contributed by atoms with Crippen molar-refractivity contribution in [2.75, 3.05) is 4.90 Å². The van der Waals surface area contributed by atoms with E-state index in [9.17, 15) is 0 Å². The summed E-state index contributed by atoms with van der Waals surface area (Å²) in [4.78, 5) is 2.43. The van der Waals surface area contributed by atoms with Crippen molar-refractivity contribution < 1.29 is 0 Å². The van der Waals surface area contributed by atoms with Gasteiger partial charge >= 0.3 is 0 Å². The number of rotatable bonds is 5. The molecule has 0 aliphatic heterocycles. The molecule has 2 heterocycles. The molecule has 0 saturated heterocycles. The van der Waals surface area contributed by atoms with Gasteiger partial charge in [-0.25, -0.2) is 0 Å². The molecule has 0 atom stereocenters. The van der Waals surface area contributed by atoms with Crippen molar-refractivity contribution in [2.24, 2.45) is 0 Å². The van der Waals surface area contributed by atoms with Crippen LogP contribution in [0.1, 0.15) is 128 Å². The highest BCUT2D eigenvalue weighted by molar-refractivity contribution is 7.25. The summed E-state index contributed by atoms with van der Waals surface area (Å²) in [6.45, 7) is 29.3. The van der Waals surface area contributed by atoms with Gasteiger partial charge in [-0.2, -0.15) is 0 Å². The lowest BCUT2D eigenvalue weighted by Gasteiger charge is -2.49. The highest BCUT2D eigenvalue weighted by Gasteiger charge is 2.50. The predicted molar refractivity (Wildman–Crippen MR) is 433 cm³/mol. The number of anilines is 3. The third-order valence-electron chi connectivity index (χ3n) is 25.7. The Bertz CT molecular complexity index is 6140. The second kappa shape index (κ2) is 21.5. The Morgan fingerprint density at radius 3 is 1.18 bits per heavy atom. The maximum atomic E-state index is 2.58. The first kappa shape index (κ1) is 61.5. The molecule has 0 saturated carbocycles. The van der Waals surface area contributed by atoms with Gasteiger partial charge in [-0.3, -0.25) is 0 Å². The summed E-state index contributed by atoms with van der Waals surface area (Å²) in [6, 6.07) is 105. The van der Waals surface area contributed by atoms with Crippen LogP contribution in [0.5, 0.6) is 0 Å². The van der Waals surface area contributed by atoms with Crippen LogP contribution >= 0.6 is 11.3 Å². The molecular weight excluding hydrogens is 1240 g/mol. The SMILES string of the molecule is CC1(C)c2cc(-c3ccc(-n4c5ccccc5c5ccccc54)cc3)ccc2-c2cc3c(cc21)C(C)(C)C(C)(C)c1cc2ccccc2cc1-3.CC1(C)c2cc(N(c3ccccc3)c3ccc4sc5ccccc5c4c3)ccc2-c2cc3c(cc21)C(C)(C)C(C)(C)c1cc2ccccc2cc1-3. The van der Waals surface area contributed by atoms with E-state index in [1.54, 1.807) is 0 Å². The normalized spacial score (nSPS) is 16.2.